The monoisotopic (exact) mass is 390 g/mol. The molecule has 0 aliphatic rings. The van der Waals surface area contributed by atoms with Gasteiger partial charge in [0, 0.05) is 6.04 Å². The summed E-state index contributed by atoms with van der Waals surface area (Å²) in [6.45, 7) is 1.74. The van der Waals surface area contributed by atoms with Crippen molar-refractivity contribution < 1.29 is 16.8 Å². The Morgan fingerprint density at radius 1 is 0.846 bits per heavy atom. The zero-order chi connectivity index (χ0) is 18.9. The number of fused-ring (bicyclic) bond motifs is 1. The maximum Gasteiger partial charge on any atom is 0.241 e. The van der Waals surface area contributed by atoms with Crippen molar-refractivity contribution in [2.45, 2.75) is 22.8 Å². The molecule has 1 atom stereocenters. The number of rotatable bonds is 5. The lowest BCUT2D eigenvalue weighted by atomic mass is 10.0. The zero-order valence-electron chi connectivity index (χ0n) is 14.0. The van der Waals surface area contributed by atoms with E-state index < -0.39 is 26.1 Å². The molecule has 6 nitrogen and oxygen atoms in total. The van der Waals surface area contributed by atoms with Gasteiger partial charge in [-0.05, 0) is 41.5 Å². The molecule has 0 aliphatic carbocycles. The second-order valence-electron chi connectivity index (χ2n) is 5.93. The SMILES string of the molecule is C[C@@H](NS(=O)(=O)c1cccc(S(N)(=O)=O)c1)c1cccc2ccccc12. The number of nitrogens with one attached hydrogen (secondary N) is 1. The van der Waals surface area contributed by atoms with Crippen molar-refractivity contribution in [1.29, 1.82) is 0 Å². The maximum absolute atomic E-state index is 12.7. The Morgan fingerprint density at radius 3 is 2.19 bits per heavy atom. The predicted octanol–water partition coefficient (Wildman–Crippen LogP) is 2.53. The topological polar surface area (TPSA) is 106 Å². The van der Waals surface area contributed by atoms with Crippen molar-refractivity contribution in [2.75, 3.05) is 0 Å². The van der Waals surface area contributed by atoms with Crippen LogP contribution in [0.25, 0.3) is 10.8 Å². The lowest BCUT2D eigenvalue weighted by Crippen LogP contribution is -2.27. The highest BCUT2D eigenvalue weighted by Crippen LogP contribution is 2.25. The van der Waals surface area contributed by atoms with Crippen molar-refractivity contribution in [3.8, 4) is 0 Å². The van der Waals surface area contributed by atoms with Crippen molar-refractivity contribution in [3.05, 3.63) is 72.3 Å². The Hall–Kier alpha value is -2.26. The van der Waals surface area contributed by atoms with Crippen LogP contribution in [0.3, 0.4) is 0 Å². The van der Waals surface area contributed by atoms with Crippen LogP contribution in [-0.2, 0) is 20.0 Å². The number of hydrogen-bond acceptors (Lipinski definition) is 4. The minimum absolute atomic E-state index is 0.156. The first-order valence-corrected chi connectivity index (χ1v) is 10.8. The molecule has 3 aromatic rings. The standard InChI is InChI=1S/C18H18N2O4S2/c1-13(17-11-4-7-14-6-2-3-10-18(14)17)20-26(23,24)16-9-5-8-15(12-16)25(19,21)22/h2-13,20H,1H3,(H2,19,21,22)/t13-/m1/s1. The molecule has 3 N–H and O–H groups in total. The molecule has 0 fully saturated rings. The summed E-state index contributed by atoms with van der Waals surface area (Å²) in [7, 11) is -7.92. The first-order chi connectivity index (χ1) is 12.2. The van der Waals surface area contributed by atoms with Crippen LogP contribution < -0.4 is 9.86 Å². The highest BCUT2D eigenvalue weighted by molar-refractivity contribution is 7.90. The minimum Gasteiger partial charge on any atom is -0.225 e. The second-order valence-corrected chi connectivity index (χ2v) is 9.21. The van der Waals surface area contributed by atoms with Crippen LogP contribution in [0.2, 0.25) is 0 Å². The van der Waals surface area contributed by atoms with Gasteiger partial charge in [0.15, 0.2) is 0 Å². The molecule has 3 rings (SSSR count). The largest absolute Gasteiger partial charge is 0.241 e. The normalized spacial score (nSPS) is 13.6. The first-order valence-electron chi connectivity index (χ1n) is 7.81. The summed E-state index contributed by atoms with van der Waals surface area (Å²) in [5.74, 6) is 0. The van der Waals surface area contributed by atoms with Crippen LogP contribution in [-0.4, -0.2) is 16.8 Å². The molecule has 0 radical (unpaired) electrons. The van der Waals surface area contributed by atoms with Crippen LogP contribution in [0.5, 0.6) is 0 Å². The van der Waals surface area contributed by atoms with E-state index in [0.29, 0.717) is 0 Å². The second kappa shape index (κ2) is 6.81. The van der Waals surface area contributed by atoms with E-state index in [2.05, 4.69) is 4.72 Å². The van der Waals surface area contributed by atoms with E-state index in [9.17, 15) is 16.8 Å². The molecule has 0 amide bonds. The highest BCUT2D eigenvalue weighted by Gasteiger charge is 2.21. The van der Waals surface area contributed by atoms with Gasteiger partial charge in [0.2, 0.25) is 20.0 Å². The van der Waals surface area contributed by atoms with E-state index in [1.54, 1.807) is 6.92 Å². The molecule has 0 saturated carbocycles. The molecule has 0 saturated heterocycles. The van der Waals surface area contributed by atoms with Gasteiger partial charge in [0.05, 0.1) is 9.79 Å². The zero-order valence-corrected chi connectivity index (χ0v) is 15.6. The van der Waals surface area contributed by atoms with Gasteiger partial charge in [0.1, 0.15) is 0 Å². The molecule has 8 heteroatoms. The Morgan fingerprint density at radius 2 is 1.46 bits per heavy atom. The number of benzene rings is 3. The lowest BCUT2D eigenvalue weighted by molar-refractivity contribution is 0.567. The summed E-state index contributed by atoms with van der Waals surface area (Å²) in [6, 6.07) is 17.8. The maximum atomic E-state index is 12.7. The van der Waals surface area contributed by atoms with Crippen LogP contribution in [0.4, 0.5) is 0 Å². The summed E-state index contributed by atoms with van der Waals surface area (Å²) in [6.07, 6.45) is 0. The van der Waals surface area contributed by atoms with E-state index >= 15 is 0 Å². The Kier molecular flexibility index (Phi) is 4.85. The summed E-state index contributed by atoms with van der Waals surface area (Å²) in [5.41, 5.74) is 0.828. The Balaban J connectivity index is 1.97. The lowest BCUT2D eigenvalue weighted by Gasteiger charge is -2.17. The van der Waals surface area contributed by atoms with Gasteiger partial charge < -0.3 is 0 Å². The minimum atomic E-state index is -3.99. The van der Waals surface area contributed by atoms with Crippen molar-refractivity contribution in [2.24, 2.45) is 5.14 Å². The van der Waals surface area contributed by atoms with Crippen molar-refractivity contribution in [1.82, 2.24) is 4.72 Å². The average Bonchev–Trinajstić information content (AvgIpc) is 2.60. The Labute approximate surface area is 152 Å². The summed E-state index contributed by atoms with van der Waals surface area (Å²) in [4.78, 5) is -0.408. The molecule has 0 bridgehead atoms. The Bertz CT molecular complexity index is 1170. The van der Waals surface area contributed by atoms with Gasteiger partial charge in [-0.3, -0.25) is 0 Å². The van der Waals surface area contributed by atoms with Crippen LogP contribution in [0, 0.1) is 0 Å². The third-order valence-corrected chi connectivity index (χ3v) is 6.52. The van der Waals surface area contributed by atoms with Gasteiger partial charge in [-0.25, -0.2) is 26.7 Å². The number of nitrogens with two attached hydrogens (primary N) is 1. The summed E-state index contributed by atoms with van der Waals surface area (Å²) < 4.78 is 50.9. The van der Waals surface area contributed by atoms with Crippen molar-refractivity contribution in [3.63, 3.8) is 0 Å². The molecule has 0 spiro atoms. The van der Waals surface area contributed by atoms with E-state index in [1.807, 2.05) is 42.5 Å². The van der Waals surface area contributed by atoms with Crippen LogP contribution in [0.15, 0.2) is 76.5 Å². The molecular weight excluding hydrogens is 372 g/mol. The van der Waals surface area contributed by atoms with Crippen LogP contribution >= 0.6 is 0 Å². The van der Waals surface area contributed by atoms with E-state index in [4.69, 9.17) is 5.14 Å². The quantitative estimate of drug-likeness (QED) is 0.698. The number of sulfonamides is 2. The average molecular weight is 390 g/mol. The molecule has 0 aliphatic heterocycles. The third kappa shape index (κ3) is 3.78. The summed E-state index contributed by atoms with van der Waals surface area (Å²) in [5, 5.41) is 7.03. The third-order valence-electron chi connectivity index (χ3n) is 4.07. The fourth-order valence-electron chi connectivity index (χ4n) is 2.81. The first kappa shape index (κ1) is 18.5. The molecule has 3 aromatic carbocycles. The van der Waals surface area contributed by atoms with Gasteiger partial charge in [-0.2, -0.15) is 0 Å². The van der Waals surface area contributed by atoms with E-state index in [-0.39, 0.29) is 9.79 Å². The predicted molar refractivity (Wildman–Crippen MR) is 100 cm³/mol. The van der Waals surface area contributed by atoms with Crippen molar-refractivity contribution >= 4 is 30.8 Å². The molecular formula is C18H18N2O4S2. The van der Waals surface area contributed by atoms with E-state index in [0.717, 1.165) is 22.4 Å². The highest BCUT2D eigenvalue weighted by atomic mass is 32.2. The fraction of sp³-hybridized carbons (Fsp3) is 0.111. The molecule has 136 valence electrons. The number of primary sulfonamides is 1. The van der Waals surface area contributed by atoms with E-state index in [1.165, 1.54) is 18.2 Å². The van der Waals surface area contributed by atoms with Gasteiger partial charge in [0.25, 0.3) is 0 Å². The van der Waals surface area contributed by atoms with Gasteiger partial charge in [-0.15, -0.1) is 0 Å². The fourth-order valence-corrected chi connectivity index (χ4v) is 4.71. The smallest absolute Gasteiger partial charge is 0.225 e. The van der Waals surface area contributed by atoms with Gasteiger partial charge in [-0.1, -0.05) is 48.5 Å². The molecule has 0 heterocycles. The number of hydrogen-bond donors (Lipinski definition) is 2. The molecule has 0 aromatic heterocycles. The molecule has 0 unspecified atom stereocenters. The van der Waals surface area contributed by atoms with Crippen LogP contribution in [0.1, 0.15) is 18.5 Å². The summed E-state index contributed by atoms with van der Waals surface area (Å²) >= 11 is 0. The van der Waals surface area contributed by atoms with Gasteiger partial charge >= 0.3 is 0 Å². The molecule has 26 heavy (non-hydrogen) atoms.